The van der Waals surface area contributed by atoms with Gasteiger partial charge in [-0.25, -0.2) is 0 Å². The molecular weight excluding hydrogens is 394 g/mol. The first-order chi connectivity index (χ1) is 14.0. The van der Waals surface area contributed by atoms with Crippen LogP contribution in [0.5, 0.6) is 0 Å². The zero-order chi connectivity index (χ0) is 22.2. The highest BCUT2D eigenvalue weighted by atomic mass is 35.5. The highest BCUT2D eigenvalue weighted by Gasteiger charge is 2.34. The predicted molar refractivity (Wildman–Crippen MR) is 125 cm³/mol. The summed E-state index contributed by atoms with van der Waals surface area (Å²) in [7, 11) is 2.13. The summed E-state index contributed by atoms with van der Waals surface area (Å²) < 4.78 is 0. The maximum absolute atomic E-state index is 12.8. The average molecular weight is 422 g/mol. The number of nitrogens with one attached hydrogen (secondary N) is 1. The number of amides is 1. The number of hydrogen-bond donors (Lipinski definition) is 1. The maximum atomic E-state index is 12.8. The number of benzene rings is 2. The van der Waals surface area contributed by atoms with E-state index in [1.807, 2.05) is 13.8 Å². The molecule has 0 saturated carbocycles. The van der Waals surface area contributed by atoms with Crippen LogP contribution in [0, 0.1) is 25.2 Å². The molecule has 1 amide bonds. The Bertz CT molecular complexity index is 1080. The molecule has 2 aromatic rings. The normalized spacial score (nSPS) is 17.9. The molecule has 0 fully saturated rings. The second-order valence-corrected chi connectivity index (χ2v) is 9.19. The second kappa shape index (κ2) is 8.16. The number of aryl methyl sites for hydroxylation is 1. The van der Waals surface area contributed by atoms with E-state index in [1.54, 1.807) is 24.3 Å². The van der Waals surface area contributed by atoms with Crippen molar-refractivity contribution in [1.29, 1.82) is 5.26 Å². The lowest BCUT2D eigenvalue weighted by Gasteiger charge is -2.45. The van der Waals surface area contributed by atoms with Gasteiger partial charge in [0.15, 0.2) is 0 Å². The zero-order valence-electron chi connectivity index (χ0n) is 18.4. The summed E-state index contributed by atoms with van der Waals surface area (Å²) in [5, 5.41) is 13.0. The van der Waals surface area contributed by atoms with Crippen LogP contribution >= 0.6 is 11.6 Å². The Labute approximate surface area is 184 Å². The van der Waals surface area contributed by atoms with E-state index < -0.39 is 5.91 Å². The Kier molecular flexibility index (Phi) is 5.97. The van der Waals surface area contributed by atoms with Crippen molar-refractivity contribution in [1.82, 2.24) is 0 Å². The summed E-state index contributed by atoms with van der Waals surface area (Å²) in [6.07, 6.45) is 2.72. The van der Waals surface area contributed by atoms with Crippen molar-refractivity contribution in [2.45, 2.75) is 52.5 Å². The van der Waals surface area contributed by atoms with Crippen molar-refractivity contribution in [2.75, 3.05) is 17.3 Å². The van der Waals surface area contributed by atoms with Crippen LogP contribution < -0.4 is 10.2 Å². The minimum Gasteiger partial charge on any atom is -0.369 e. The minimum atomic E-state index is -0.439. The fourth-order valence-corrected chi connectivity index (χ4v) is 4.30. The van der Waals surface area contributed by atoms with Crippen LogP contribution in [0.1, 0.15) is 55.4 Å². The van der Waals surface area contributed by atoms with Crippen molar-refractivity contribution in [3.8, 4) is 6.07 Å². The van der Waals surface area contributed by atoms with Gasteiger partial charge in [-0.15, -0.1) is 0 Å². The second-order valence-electron chi connectivity index (χ2n) is 8.78. The van der Waals surface area contributed by atoms with E-state index in [0.717, 1.165) is 23.1 Å². The van der Waals surface area contributed by atoms with Gasteiger partial charge in [-0.2, -0.15) is 5.26 Å². The molecule has 1 aliphatic heterocycles. The highest BCUT2D eigenvalue weighted by molar-refractivity contribution is 6.31. The first kappa shape index (κ1) is 21.9. The number of fused-ring (bicyclic) bond motifs is 1. The summed E-state index contributed by atoms with van der Waals surface area (Å²) in [4.78, 5) is 15.1. The lowest BCUT2D eigenvalue weighted by Crippen LogP contribution is -2.45. The van der Waals surface area contributed by atoms with Crippen LogP contribution in [0.15, 0.2) is 35.9 Å². The molecule has 1 N–H and O–H groups in total. The molecule has 30 heavy (non-hydrogen) atoms. The fourth-order valence-electron chi connectivity index (χ4n) is 4.13. The number of hydrogen-bond acceptors (Lipinski definition) is 3. The minimum absolute atomic E-state index is 0.0644. The molecule has 2 aromatic carbocycles. The van der Waals surface area contributed by atoms with E-state index in [4.69, 9.17) is 11.6 Å². The van der Waals surface area contributed by atoms with Gasteiger partial charge in [0.2, 0.25) is 0 Å². The average Bonchev–Trinajstić information content (AvgIpc) is 2.68. The standard InChI is InChI=1S/C25H28ClN3O/c1-15-10-23-20(16(2)13-25(4,5)29(23)6)12-18(15)11-19(14-27)24(30)28-22-9-7-8-21(26)17(22)3/h7-12,16H,13H2,1-6H3,(H,28,30)/b19-11-. The van der Waals surface area contributed by atoms with Gasteiger partial charge in [0, 0.05) is 29.0 Å². The van der Waals surface area contributed by atoms with Crippen molar-refractivity contribution >= 4 is 35.0 Å². The molecule has 5 heteroatoms. The van der Waals surface area contributed by atoms with E-state index in [9.17, 15) is 10.1 Å². The van der Waals surface area contributed by atoms with E-state index >= 15 is 0 Å². The molecule has 0 spiro atoms. The Morgan fingerprint density at radius 2 is 2.03 bits per heavy atom. The Hall–Kier alpha value is -2.77. The lowest BCUT2D eigenvalue weighted by atomic mass is 9.79. The van der Waals surface area contributed by atoms with E-state index in [2.05, 4.69) is 56.2 Å². The molecule has 1 heterocycles. The molecule has 1 aliphatic rings. The van der Waals surface area contributed by atoms with Crippen LogP contribution in [-0.2, 0) is 4.79 Å². The third-order valence-corrected chi connectivity index (χ3v) is 6.61. The Balaban J connectivity index is 1.97. The third kappa shape index (κ3) is 4.08. The van der Waals surface area contributed by atoms with Crippen LogP contribution in [0.2, 0.25) is 5.02 Å². The van der Waals surface area contributed by atoms with Crippen LogP contribution in [0.3, 0.4) is 0 Å². The van der Waals surface area contributed by atoms with E-state index in [0.29, 0.717) is 16.6 Å². The zero-order valence-corrected chi connectivity index (χ0v) is 19.2. The molecule has 0 aliphatic carbocycles. The predicted octanol–water partition coefficient (Wildman–Crippen LogP) is 6.22. The number of anilines is 2. The van der Waals surface area contributed by atoms with Crippen molar-refractivity contribution in [2.24, 2.45) is 0 Å². The molecule has 1 atom stereocenters. The molecule has 1 unspecified atom stereocenters. The molecule has 0 bridgehead atoms. The Morgan fingerprint density at radius 1 is 1.33 bits per heavy atom. The molecular formula is C25H28ClN3O. The molecule has 0 aromatic heterocycles. The summed E-state index contributed by atoms with van der Waals surface area (Å²) in [6.45, 7) is 10.6. The number of carbonyl (C=O) groups excluding carboxylic acids is 1. The summed E-state index contributed by atoms with van der Waals surface area (Å²) in [5.74, 6) is -0.0429. The fraction of sp³-hybridized carbons (Fsp3) is 0.360. The van der Waals surface area contributed by atoms with Gasteiger partial charge in [-0.3, -0.25) is 4.79 Å². The van der Waals surface area contributed by atoms with Gasteiger partial charge in [0.25, 0.3) is 5.91 Å². The monoisotopic (exact) mass is 421 g/mol. The molecule has 0 saturated heterocycles. The Morgan fingerprint density at radius 3 is 2.70 bits per heavy atom. The first-order valence-electron chi connectivity index (χ1n) is 10.1. The topological polar surface area (TPSA) is 56.1 Å². The summed E-state index contributed by atoms with van der Waals surface area (Å²) >= 11 is 6.14. The number of rotatable bonds is 3. The van der Waals surface area contributed by atoms with Crippen LogP contribution in [0.4, 0.5) is 11.4 Å². The van der Waals surface area contributed by atoms with Gasteiger partial charge < -0.3 is 10.2 Å². The molecule has 4 nitrogen and oxygen atoms in total. The van der Waals surface area contributed by atoms with E-state index in [1.165, 1.54) is 11.3 Å². The molecule has 3 rings (SSSR count). The SMILES string of the molecule is Cc1cc2c(cc1/C=C(/C#N)C(=O)Nc1cccc(Cl)c1C)C(C)CC(C)(C)N2C. The summed E-state index contributed by atoms with van der Waals surface area (Å²) in [6, 6.07) is 11.6. The van der Waals surface area contributed by atoms with Crippen molar-refractivity contribution < 1.29 is 4.79 Å². The van der Waals surface area contributed by atoms with Crippen molar-refractivity contribution in [3.63, 3.8) is 0 Å². The van der Waals surface area contributed by atoms with Gasteiger partial charge in [-0.1, -0.05) is 24.6 Å². The lowest BCUT2D eigenvalue weighted by molar-refractivity contribution is -0.112. The number of nitriles is 1. The highest BCUT2D eigenvalue weighted by Crippen LogP contribution is 2.43. The van der Waals surface area contributed by atoms with Gasteiger partial charge in [0.05, 0.1) is 0 Å². The first-order valence-corrected chi connectivity index (χ1v) is 10.5. The van der Waals surface area contributed by atoms with Gasteiger partial charge in [-0.05, 0) is 92.6 Å². The van der Waals surface area contributed by atoms with Crippen molar-refractivity contribution in [3.05, 3.63) is 63.2 Å². The number of carbonyl (C=O) groups is 1. The van der Waals surface area contributed by atoms with E-state index in [-0.39, 0.29) is 11.1 Å². The number of halogens is 1. The molecule has 0 radical (unpaired) electrons. The quantitative estimate of drug-likeness (QED) is 0.472. The maximum Gasteiger partial charge on any atom is 0.266 e. The smallest absolute Gasteiger partial charge is 0.266 e. The van der Waals surface area contributed by atoms with Crippen LogP contribution in [-0.4, -0.2) is 18.5 Å². The van der Waals surface area contributed by atoms with Gasteiger partial charge in [0.1, 0.15) is 11.6 Å². The number of nitrogens with zero attached hydrogens (tertiary/aromatic N) is 2. The van der Waals surface area contributed by atoms with Gasteiger partial charge >= 0.3 is 0 Å². The largest absolute Gasteiger partial charge is 0.369 e. The summed E-state index contributed by atoms with van der Waals surface area (Å²) in [5.41, 5.74) is 5.91. The third-order valence-electron chi connectivity index (χ3n) is 6.20. The molecule has 156 valence electrons. The van der Waals surface area contributed by atoms with Crippen LogP contribution in [0.25, 0.3) is 6.08 Å².